The van der Waals surface area contributed by atoms with Gasteiger partial charge in [0.25, 0.3) is 0 Å². The standard InChI is InChI=1S/C29H38O9/c1-5-6-7-8-9-16-13-20-22(17-12-15(2)10-11-19(17)29(3,4)38-20)25(21(16)26(33)34)36-28-18(14-30)23(31)24(32)27(35)37-28/h1,12-13,17-19,23-24,27-28,30-32,35H,6-11,14H2,2-4H3,(H,33,34)/t17?,18-,19?,23-,24+,27+,28+/m1/s1. The van der Waals surface area contributed by atoms with Gasteiger partial charge >= 0.3 is 5.97 Å². The minimum absolute atomic E-state index is 0.0256. The maximum Gasteiger partial charge on any atom is 0.339 e. The summed E-state index contributed by atoms with van der Waals surface area (Å²) in [6, 6.07) is 1.77. The molecule has 5 N–H and O–H groups in total. The second-order valence-corrected chi connectivity index (χ2v) is 11.1. The predicted octanol–water partition coefficient (Wildman–Crippen LogP) is 2.73. The van der Waals surface area contributed by atoms with E-state index in [1.54, 1.807) is 6.07 Å². The van der Waals surface area contributed by atoms with Crippen LogP contribution >= 0.6 is 0 Å². The minimum atomic E-state index is -1.78. The third kappa shape index (κ3) is 5.29. The quantitative estimate of drug-likeness (QED) is 0.195. The van der Waals surface area contributed by atoms with Crippen molar-refractivity contribution in [3.8, 4) is 23.8 Å². The lowest BCUT2D eigenvalue weighted by Crippen LogP contribution is -2.57. The molecule has 2 unspecified atom stereocenters. The summed E-state index contributed by atoms with van der Waals surface area (Å²) in [6.45, 7) is 5.47. The number of allylic oxidation sites excluding steroid dienone is 2. The zero-order chi connectivity index (χ0) is 27.8. The van der Waals surface area contributed by atoms with Crippen molar-refractivity contribution >= 4 is 5.97 Å². The van der Waals surface area contributed by atoms with E-state index in [1.807, 2.05) is 20.8 Å². The van der Waals surface area contributed by atoms with E-state index < -0.39 is 48.9 Å². The van der Waals surface area contributed by atoms with Crippen LogP contribution in [-0.2, 0) is 11.2 Å². The van der Waals surface area contributed by atoms with Gasteiger partial charge in [-0.3, -0.25) is 0 Å². The average molecular weight is 531 g/mol. The zero-order valence-corrected chi connectivity index (χ0v) is 22.1. The molecular weight excluding hydrogens is 492 g/mol. The summed E-state index contributed by atoms with van der Waals surface area (Å²) < 4.78 is 18.2. The van der Waals surface area contributed by atoms with Crippen molar-refractivity contribution in [1.82, 2.24) is 0 Å². The Morgan fingerprint density at radius 2 is 1.97 bits per heavy atom. The highest BCUT2D eigenvalue weighted by Crippen LogP contribution is 2.55. The fourth-order valence-corrected chi connectivity index (χ4v) is 6.02. The maximum atomic E-state index is 12.7. The Labute approximate surface area is 223 Å². The van der Waals surface area contributed by atoms with Crippen molar-refractivity contribution in [1.29, 1.82) is 0 Å². The molecule has 4 rings (SSSR count). The fourth-order valence-electron chi connectivity index (χ4n) is 6.02. The van der Waals surface area contributed by atoms with E-state index >= 15 is 0 Å². The van der Waals surface area contributed by atoms with Crippen molar-refractivity contribution < 1.29 is 44.5 Å². The molecule has 2 aliphatic heterocycles. The number of carboxylic acid groups (broad SMARTS) is 1. The van der Waals surface area contributed by atoms with Gasteiger partial charge in [0, 0.05) is 23.8 Å². The number of aliphatic hydroxyl groups is 4. The number of hydrogen-bond donors (Lipinski definition) is 5. The summed E-state index contributed by atoms with van der Waals surface area (Å²) in [5.74, 6) is 0.629. The molecule has 1 aromatic carbocycles. The minimum Gasteiger partial charge on any atom is -0.487 e. The third-order valence-corrected chi connectivity index (χ3v) is 8.09. The summed E-state index contributed by atoms with van der Waals surface area (Å²) in [4.78, 5) is 12.7. The van der Waals surface area contributed by atoms with Gasteiger partial charge in [-0.15, -0.1) is 12.3 Å². The largest absolute Gasteiger partial charge is 0.487 e. The van der Waals surface area contributed by atoms with E-state index in [4.69, 9.17) is 20.6 Å². The molecule has 0 bridgehead atoms. The van der Waals surface area contributed by atoms with Crippen LogP contribution in [0, 0.1) is 24.2 Å². The van der Waals surface area contributed by atoms with E-state index in [9.17, 15) is 30.3 Å². The van der Waals surface area contributed by atoms with E-state index in [2.05, 4.69) is 12.0 Å². The molecule has 3 aliphatic rings. The fraction of sp³-hybridized carbons (Fsp3) is 0.621. The Balaban J connectivity index is 1.89. The summed E-state index contributed by atoms with van der Waals surface area (Å²) in [5, 5.41) is 51.1. The first-order valence-electron chi connectivity index (χ1n) is 13.2. The Bertz CT molecular complexity index is 1120. The predicted molar refractivity (Wildman–Crippen MR) is 138 cm³/mol. The Morgan fingerprint density at radius 3 is 2.63 bits per heavy atom. The number of unbranched alkanes of at least 4 members (excludes halogenated alkanes) is 2. The molecule has 0 aromatic heterocycles. The van der Waals surface area contributed by atoms with Crippen LogP contribution in [0.25, 0.3) is 0 Å². The first-order valence-corrected chi connectivity index (χ1v) is 13.2. The first kappa shape index (κ1) is 28.4. The van der Waals surface area contributed by atoms with Gasteiger partial charge in [0.15, 0.2) is 6.29 Å². The Morgan fingerprint density at radius 1 is 1.24 bits per heavy atom. The highest BCUT2D eigenvalue weighted by atomic mass is 16.7. The van der Waals surface area contributed by atoms with Crippen LogP contribution in [0.15, 0.2) is 17.7 Å². The number of aryl methyl sites for hydroxylation is 1. The van der Waals surface area contributed by atoms with Crippen LogP contribution in [0.2, 0.25) is 0 Å². The molecular formula is C29H38O9. The summed E-state index contributed by atoms with van der Waals surface area (Å²) in [6.07, 6.45) is 5.20. The van der Waals surface area contributed by atoms with Gasteiger partial charge in [0.1, 0.15) is 28.8 Å². The SMILES string of the molecule is C#CCCCCc1cc2c(c(O[C@H]3O[C@H](O)[C@@H](O)[C@H](O)[C@H]3CO)c1C(=O)O)C1C=C(C)CCC1C(C)(C)O2. The van der Waals surface area contributed by atoms with Gasteiger partial charge in [-0.25, -0.2) is 4.79 Å². The monoisotopic (exact) mass is 530 g/mol. The van der Waals surface area contributed by atoms with Crippen LogP contribution < -0.4 is 9.47 Å². The topological polar surface area (TPSA) is 146 Å². The Kier molecular flexibility index (Phi) is 8.40. The van der Waals surface area contributed by atoms with Crippen molar-refractivity contribution in [3.63, 3.8) is 0 Å². The molecule has 9 nitrogen and oxygen atoms in total. The lowest BCUT2D eigenvalue weighted by Gasteiger charge is -2.47. The lowest BCUT2D eigenvalue weighted by atomic mass is 9.67. The third-order valence-electron chi connectivity index (χ3n) is 8.09. The van der Waals surface area contributed by atoms with Gasteiger partial charge < -0.3 is 39.7 Å². The summed E-state index contributed by atoms with van der Waals surface area (Å²) in [5.41, 5.74) is 1.66. The molecule has 2 heterocycles. The maximum absolute atomic E-state index is 12.7. The van der Waals surface area contributed by atoms with E-state index in [1.165, 1.54) is 5.57 Å². The number of carboxylic acids is 1. The molecule has 1 saturated heterocycles. The summed E-state index contributed by atoms with van der Waals surface area (Å²) in [7, 11) is 0. The van der Waals surface area contributed by atoms with Gasteiger partial charge in [0.2, 0.25) is 6.29 Å². The number of terminal acetylenes is 1. The van der Waals surface area contributed by atoms with Gasteiger partial charge in [-0.2, -0.15) is 0 Å². The Hall–Kier alpha value is -2.61. The molecule has 0 spiro atoms. The highest BCUT2D eigenvalue weighted by molar-refractivity contribution is 5.94. The van der Waals surface area contributed by atoms with Crippen LogP contribution in [0.5, 0.6) is 11.5 Å². The lowest BCUT2D eigenvalue weighted by molar-refractivity contribution is -0.313. The number of ether oxygens (including phenoxy) is 3. The average Bonchev–Trinajstić information content (AvgIpc) is 2.84. The molecule has 1 aromatic rings. The number of benzene rings is 1. The van der Waals surface area contributed by atoms with Crippen molar-refractivity contribution in [2.24, 2.45) is 11.8 Å². The highest BCUT2D eigenvalue weighted by Gasteiger charge is 2.49. The molecule has 0 amide bonds. The van der Waals surface area contributed by atoms with Gasteiger partial charge in [0.05, 0.1) is 18.6 Å². The molecule has 7 atom stereocenters. The van der Waals surface area contributed by atoms with Crippen molar-refractivity contribution in [2.75, 3.05) is 6.61 Å². The smallest absolute Gasteiger partial charge is 0.339 e. The van der Waals surface area contributed by atoms with E-state index in [0.29, 0.717) is 36.1 Å². The summed E-state index contributed by atoms with van der Waals surface area (Å²) >= 11 is 0. The first-order chi connectivity index (χ1) is 18.0. The van der Waals surface area contributed by atoms with Crippen LogP contribution in [0.3, 0.4) is 0 Å². The van der Waals surface area contributed by atoms with Crippen molar-refractivity contribution in [3.05, 3.63) is 34.4 Å². The molecule has 208 valence electrons. The molecule has 38 heavy (non-hydrogen) atoms. The number of aromatic carboxylic acids is 1. The van der Waals surface area contributed by atoms with Crippen LogP contribution in [0.4, 0.5) is 0 Å². The second-order valence-electron chi connectivity index (χ2n) is 11.1. The van der Waals surface area contributed by atoms with Gasteiger partial charge in [-0.05, 0) is 64.5 Å². The normalized spacial score (nSPS) is 31.7. The van der Waals surface area contributed by atoms with Crippen molar-refractivity contribution in [2.45, 2.75) is 95.6 Å². The number of aliphatic hydroxyl groups excluding tert-OH is 4. The molecule has 0 radical (unpaired) electrons. The van der Waals surface area contributed by atoms with Crippen LogP contribution in [0.1, 0.15) is 80.3 Å². The number of rotatable bonds is 8. The van der Waals surface area contributed by atoms with Gasteiger partial charge in [-0.1, -0.05) is 11.6 Å². The molecule has 1 fully saturated rings. The van der Waals surface area contributed by atoms with Crippen LogP contribution in [-0.4, -0.2) is 68.5 Å². The number of carbonyl (C=O) groups is 1. The molecule has 9 heteroatoms. The number of fused-ring (bicyclic) bond motifs is 3. The number of hydrogen-bond acceptors (Lipinski definition) is 8. The zero-order valence-electron chi connectivity index (χ0n) is 22.1. The molecule has 0 saturated carbocycles. The molecule has 1 aliphatic carbocycles. The van der Waals surface area contributed by atoms with E-state index in [0.717, 1.165) is 19.3 Å². The second kappa shape index (κ2) is 11.2. The van der Waals surface area contributed by atoms with E-state index in [-0.39, 0.29) is 23.1 Å².